The fourth-order valence-electron chi connectivity index (χ4n) is 8.26. The minimum absolute atomic E-state index is 0.0770. The lowest BCUT2D eigenvalue weighted by Gasteiger charge is -2.61. The zero-order valence-electron chi connectivity index (χ0n) is 18.1. The lowest BCUT2D eigenvalue weighted by Crippen LogP contribution is -2.62. The summed E-state index contributed by atoms with van der Waals surface area (Å²) in [6.07, 6.45) is 6.34. The zero-order chi connectivity index (χ0) is 21.5. The number of methoxy groups -OCH3 is 1. The van der Waals surface area contributed by atoms with Gasteiger partial charge in [-0.05, 0) is 55.3 Å². The van der Waals surface area contributed by atoms with Crippen LogP contribution in [0.2, 0.25) is 0 Å². The van der Waals surface area contributed by atoms with E-state index >= 15 is 0 Å². The van der Waals surface area contributed by atoms with Gasteiger partial charge < -0.3 is 14.6 Å². The number of carbonyl (C=O) groups excluding carboxylic acids is 3. The first-order valence-electron chi connectivity index (χ1n) is 11.4. The van der Waals surface area contributed by atoms with E-state index in [0.717, 1.165) is 18.4 Å². The van der Waals surface area contributed by atoms with Crippen molar-refractivity contribution < 1.29 is 29.0 Å². The SMILES string of the molecule is COC(=O)[C@@H]1C=C2CC(=O)CC[C@]2(C)C2[C@@H]1[C@@H]1CC[C@@]3(CCC(=O)O3)[C@@]1(C)C[C@H]2O. The molecule has 3 saturated carbocycles. The van der Waals surface area contributed by atoms with E-state index in [1.54, 1.807) is 0 Å². The highest BCUT2D eigenvalue weighted by atomic mass is 16.6. The lowest BCUT2D eigenvalue weighted by molar-refractivity contribution is -0.192. The highest BCUT2D eigenvalue weighted by Gasteiger charge is 2.70. The molecular weight excluding hydrogens is 384 g/mol. The maximum absolute atomic E-state index is 12.9. The van der Waals surface area contributed by atoms with Crippen molar-refractivity contribution in [1.82, 2.24) is 0 Å². The fraction of sp³-hybridized carbons (Fsp3) is 0.792. The molecule has 0 aromatic heterocycles. The summed E-state index contributed by atoms with van der Waals surface area (Å²) in [5.74, 6) is -0.728. The first kappa shape index (κ1) is 20.2. The second-order valence-corrected chi connectivity index (χ2v) is 10.8. The maximum atomic E-state index is 12.9. The maximum Gasteiger partial charge on any atom is 0.312 e. The molecule has 1 N–H and O–H groups in total. The van der Waals surface area contributed by atoms with E-state index in [-0.39, 0.29) is 46.3 Å². The van der Waals surface area contributed by atoms with E-state index in [9.17, 15) is 19.5 Å². The van der Waals surface area contributed by atoms with Crippen molar-refractivity contribution in [2.24, 2.45) is 34.5 Å². The van der Waals surface area contributed by atoms with Gasteiger partial charge in [-0.15, -0.1) is 0 Å². The van der Waals surface area contributed by atoms with Gasteiger partial charge >= 0.3 is 11.9 Å². The van der Waals surface area contributed by atoms with Crippen LogP contribution < -0.4 is 0 Å². The van der Waals surface area contributed by atoms with Gasteiger partial charge in [0, 0.05) is 24.7 Å². The molecule has 5 rings (SSSR count). The topological polar surface area (TPSA) is 89.9 Å². The summed E-state index contributed by atoms with van der Waals surface area (Å²) >= 11 is 0. The van der Waals surface area contributed by atoms with Crippen LogP contribution in [0, 0.1) is 34.5 Å². The van der Waals surface area contributed by atoms with Crippen LogP contribution in [0.5, 0.6) is 0 Å². The molecule has 164 valence electrons. The number of aliphatic hydroxyl groups excluding tert-OH is 1. The van der Waals surface area contributed by atoms with Crippen molar-refractivity contribution in [3.05, 3.63) is 11.6 Å². The fourth-order valence-corrected chi connectivity index (χ4v) is 8.26. The molecule has 0 bridgehead atoms. The van der Waals surface area contributed by atoms with Gasteiger partial charge in [-0.3, -0.25) is 14.4 Å². The molecule has 1 unspecified atom stereocenters. The van der Waals surface area contributed by atoms with E-state index in [0.29, 0.717) is 38.5 Å². The minimum Gasteiger partial charge on any atom is -0.469 e. The number of esters is 2. The third kappa shape index (κ3) is 2.43. The number of fused-ring (bicyclic) bond motifs is 6. The molecule has 0 amide bonds. The van der Waals surface area contributed by atoms with Crippen LogP contribution in [0.25, 0.3) is 0 Å². The second kappa shape index (κ2) is 6.41. The molecule has 8 atom stereocenters. The Morgan fingerprint density at radius 1 is 1.20 bits per heavy atom. The number of carbonyl (C=O) groups is 3. The number of hydrogen-bond donors (Lipinski definition) is 1. The molecule has 1 aliphatic heterocycles. The van der Waals surface area contributed by atoms with E-state index in [4.69, 9.17) is 9.47 Å². The first-order chi connectivity index (χ1) is 14.1. The van der Waals surface area contributed by atoms with Gasteiger partial charge in [0.25, 0.3) is 0 Å². The Morgan fingerprint density at radius 3 is 2.63 bits per heavy atom. The quantitative estimate of drug-likeness (QED) is 0.522. The normalized spacial score (nSPS) is 49.7. The minimum atomic E-state index is -0.611. The molecule has 5 aliphatic rings. The van der Waals surface area contributed by atoms with E-state index in [1.807, 2.05) is 6.08 Å². The molecule has 0 radical (unpaired) electrons. The van der Waals surface area contributed by atoms with Gasteiger partial charge in [0.1, 0.15) is 11.4 Å². The van der Waals surface area contributed by atoms with Crippen molar-refractivity contribution in [3.8, 4) is 0 Å². The molecule has 6 nitrogen and oxygen atoms in total. The van der Waals surface area contributed by atoms with Gasteiger partial charge in [-0.2, -0.15) is 0 Å². The summed E-state index contributed by atoms with van der Waals surface area (Å²) < 4.78 is 11.1. The molecule has 1 spiro atoms. The summed E-state index contributed by atoms with van der Waals surface area (Å²) in [6.45, 7) is 4.33. The summed E-state index contributed by atoms with van der Waals surface area (Å²) in [5.41, 5.74) is -0.183. The Labute approximate surface area is 177 Å². The van der Waals surface area contributed by atoms with Crippen LogP contribution in [0.1, 0.15) is 65.2 Å². The Bertz CT molecular complexity index is 847. The van der Waals surface area contributed by atoms with E-state index in [2.05, 4.69) is 13.8 Å². The number of aliphatic hydroxyl groups is 1. The predicted octanol–water partition coefficient (Wildman–Crippen LogP) is 2.96. The number of Topliss-reactive ketones (excluding diaryl/α,β-unsaturated/α-hetero) is 1. The summed E-state index contributed by atoms with van der Waals surface area (Å²) in [6, 6.07) is 0. The van der Waals surface area contributed by atoms with E-state index in [1.165, 1.54) is 7.11 Å². The summed E-state index contributed by atoms with van der Waals surface area (Å²) in [4.78, 5) is 37.2. The third-order valence-corrected chi connectivity index (χ3v) is 9.74. The smallest absolute Gasteiger partial charge is 0.312 e. The molecule has 1 heterocycles. The monoisotopic (exact) mass is 416 g/mol. The average Bonchev–Trinajstić information content (AvgIpc) is 3.21. The Balaban J connectivity index is 1.63. The Morgan fingerprint density at radius 2 is 1.97 bits per heavy atom. The molecule has 0 aromatic rings. The number of rotatable bonds is 1. The highest BCUT2D eigenvalue weighted by Crippen LogP contribution is 2.70. The van der Waals surface area contributed by atoms with Crippen LogP contribution >= 0.6 is 0 Å². The van der Waals surface area contributed by atoms with Crippen LogP contribution in [-0.4, -0.2) is 41.6 Å². The second-order valence-electron chi connectivity index (χ2n) is 10.8. The van der Waals surface area contributed by atoms with Crippen LogP contribution in [0.3, 0.4) is 0 Å². The number of hydrogen-bond acceptors (Lipinski definition) is 6. The molecule has 0 aromatic carbocycles. The lowest BCUT2D eigenvalue weighted by atomic mass is 9.44. The van der Waals surface area contributed by atoms with E-state index < -0.39 is 17.6 Å². The van der Waals surface area contributed by atoms with Gasteiger partial charge in [0.05, 0.1) is 19.1 Å². The van der Waals surface area contributed by atoms with Gasteiger partial charge in [0.2, 0.25) is 0 Å². The first-order valence-corrected chi connectivity index (χ1v) is 11.4. The van der Waals surface area contributed by atoms with Gasteiger partial charge in [0.15, 0.2) is 0 Å². The van der Waals surface area contributed by atoms with Crippen molar-refractivity contribution in [2.75, 3.05) is 7.11 Å². The van der Waals surface area contributed by atoms with Crippen molar-refractivity contribution >= 4 is 17.7 Å². The molecule has 1 saturated heterocycles. The number of ether oxygens (including phenoxy) is 2. The zero-order valence-corrected chi connectivity index (χ0v) is 18.1. The van der Waals surface area contributed by atoms with Crippen LogP contribution in [-0.2, 0) is 23.9 Å². The van der Waals surface area contributed by atoms with Gasteiger partial charge in [-0.25, -0.2) is 0 Å². The summed E-state index contributed by atoms with van der Waals surface area (Å²) in [7, 11) is 1.41. The summed E-state index contributed by atoms with van der Waals surface area (Å²) in [5, 5.41) is 11.6. The number of allylic oxidation sites excluding steroid dienone is 1. The van der Waals surface area contributed by atoms with Gasteiger partial charge in [-0.1, -0.05) is 25.5 Å². The van der Waals surface area contributed by atoms with Crippen molar-refractivity contribution in [1.29, 1.82) is 0 Å². The van der Waals surface area contributed by atoms with Crippen molar-refractivity contribution in [3.63, 3.8) is 0 Å². The Hall–Kier alpha value is -1.69. The molecule has 30 heavy (non-hydrogen) atoms. The molecular formula is C24H32O6. The Kier molecular flexibility index (Phi) is 4.32. The predicted molar refractivity (Wildman–Crippen MR) is 107 cm³/mol. The van der Waals surface area contributed by atoms with Crippen LogP contribution in [0.15, 0.2) is 11.6 Å². The van der Waals surface area contributed by atoms with Crippen molar-refractivity contribution in [2.45, 2.75) is 76.9 Å². The number of ketones is 1. The molecule has 6 heteroatoms. The molecule has 4 fully saturated rings. The largest absolute Gasteiger partial charge is 0.469 e. The average molecular weight is 417 g/mol. The van der Waals surface area contributed by atoms with Crippen LogP contribution in [0.4, 0.5) is 0 Å². The third-order valence-electron chi connectivity index (χ3n) is 9.74. The molecule has 4 aliphatic carbocycles. The highest BCUT2D eigenvalue weighted by molar-refractivity contribution is 5.84. The standard InChI is InChI=1S/C24H32O6/c1-22-7-4-14(25)10-13(22)11-15(21(28)29-3)19-16-5-8-24(9-6-18(27)30-24)23(16,2)12-17(26)20(19)22/h11,15-17,19-20,26H,4-10,12H2,1-3H3/t15-,16+,17-,19+,20?,22+,23+,24-/m1/s1.